The number of nitrogens with zero attached hydrogens (tertiary/aromatic N) is 1. The second-order valence-electron chi connectivity index (χ2n) is 5.78. The third-order valence-electron chi connectivity index (χ3n) is 3.64. The SMILES string of the molecule is CC(C)N(Cc1ccc(-c2cccc(F)c2)s1)C(=O)CCCN.Cl. The third-order valence-corrected chi connectivity index (χ3v) is 4.75. The first-order valence-corrected chi connectivity index (χ1v) is 8.67. The fourth-order valence-electron chi connectivity index (χ4n) is 2.38. The molecule has 2 rings (SSSR count). The van der Waals surface area contributed by atoms with Gasteiger partial charge in [0, 0.05) is 22.2 Å². The summed E-state index contributed by atoms with van der Waals surface area (Å²) in [7, 11) is 0. The van der Waals surface area contributed by atoms with Crippen LogP contribution in [0, 0.1) is 5.82 Å². The molecule has 132 valence electrons. The van der Waals surface area contributed by atoms with Gasteiger partial charge in [0.2, 0.25) is 5.91 Å². The number of hydrogen-bond donors (Lipinski definition) is 1. The van der Waals surface area contributed by atoms with E-state index in [1.165, 1.54) is 12.1 Å². The van der Waals surface area contributed by atoms with Crippen molar-refractivity contribution in [3.63, 3.8) is 0 Å². The highest BCUT2D eigenvalue weighted by atomic mass is 35.5. The van der Waals surface area contributed by atoms with E-state index in [0.29, 0.717) is 25.9 Å². The minimum atomic E-state index is -0.238. The van der Waals surface area contributed by atoms with Gasteiger partial charge in [0.1, 0.15) is 5.82 Å². The second kappa shape index (κ2) is 9.77. The summed E-state index contributed by atoms with van der Waals surface area (Å²) in [6, 6.07) is 10.7. The third kappa shape index (κ3) is 5.58. The Morgan fingerprint density at radius 3 is 2.67 bits per heavy atom. The highest BCUT2D eigenvalue weighted by molar-refractivity contribution is 7.15. The second-order valence-corrected chi connectivity index (χ2v) is 6.95. The first-order valence-electron chi connectivity index (χ1n) is 7.85. The Morgan fingerprint density at radius 2 is 2.04 bits per heavy atom. The van der Waals surface area contributed by atoms with Crippen molar-refractivity contribution in [2.45, 2.75) is 39.3 Å². The van der Waals surface area contributed by atoms with E-state index in [1.807, 2.05) is 36.9 Å². The number of carbonyl (C=O) groups excluding carboxylic acids is 1. The number of carbonyl (C=O) groups is 1. The molecule has 24 heavy (non-hydrogen) atoms. The summed E-state index contributed by atoms with van der Waals surface area (Å²) in [5.74, 6) is -0.107. The minimum absolute atomic E-state index is 0. The number of benzene rings is 1. The summed E-state index contributed by atoms with van der Waals surface area (Å²) < 4.78 is 13.3. The van der Waals surface area contributed by atoms with E-state index >= 15 is 0 Å². The van der Waals surface area contributed by atoms with Crippen LogP contribution in [0.15, 0.2) is 36.4 Å². The van der Waals surface area contributed by atoms with Crippen LogP contribution < -0.4 is 5.73 Å². The van der Waals surface area contributed by atoms with Crippen LogP contribution in [0.3, 0.4) is 0 Å². The van der Waals surface area contributed by atoms with Crippen molar-refractivity contribution >= 4 is 29.7 Å². The van der Waals surface area contributed by atoms with Crippen LogP contribution in [0.4, 0.5) is 4.39 Å². The van der Waals surface area contributed by atoms with Gasteiger partial charge in [-0.3, -0.25) is 4.79 Å². The minimum Gasteiger partial charge on any atom is -0.335 e. The highest BCUT2D eigenvalue weighted by Gasteiger charge is 2.17. The maximum Gasteiger partial charge on any atom is 0.223 e. The van der Waals surface area contributed by atoms with Gasteiger partial charge in [-0.1, -0.05) is 12.1 Å². The monoisotopic (exact) mass is 370 g/mol. The normalized spacial score (nSPS) is 10.5. The van der Waals surface area contributed by atoms with E-state index in [1.54, 1.807) is 17.4 Å². The molecule has 2 N–H and O–H groups in total. The van der Waals surface area contributed by atoms with Crippen LogP contribution in [0.25, 0.3) is 10.4 Å². The maximum absolute atomic E-state index is 13.3. The molecule has 1 aromatic heterocycles. The lowest BCUT2D eigenvalue weighted by Crippen LogP contribution is -2.36. The molecule has 0 aliphatic carbocycles. The molecular formula is C18H24ClFN2OS. The Bertz CT molecular complexity index is 660. The Morgan fingerprint density at radius 1 is 1.29 bits per heavy atom. The molecule has 1 aromatic carbocycles. The lowest BCUT2D eigenvalue weighted by Gasteiger charge is -2.26. The largest absolute Gasteiger partial charge is 0.335 e. The van der Waals surface area contributed by atoms with E-state index in [-0.39, 0.29) is 30.2 Å². The molecule has 3 nitrogen and oxygen atoms in total. The van der Waals surface area contributed by atoms with Crippen LogP contribution in [0.1, 0.15) is 31.6 Å². The van der Waals surface area contributed by atoms with Crippen LogP contribution in [-0.4, -0.2) is 23.4 Å². The zero-order valence-corrected chi connectivity index (χ0v) is 15.6. The number of nitrogens with two attached hydrogens (primary N) is 1. The number of halogens is 2. The molecule has 6 heteroatoms. The highest BCUT2D eigenvalue weighted by Crippen LogP contribution is 2.29. The van der Waals surface area contributed by atoms with Gasteiger partial charge in [-0.15, -0.1) is 23.7 Å². The fourth-order valence-corrected chi connectivity index (χ4v) is 3.39. The molecule has 0 aliphatic rings. The van der Waals surface area contributed by atoms with Gasteiger partial charge in [0.05, 0.1) is 6.54 Å². The molecule has 0 aliphatic heterocycles. The van der Waals surface area contributed by atoms with Gasteiger partial charge >= 0.3 is 0 Å². The molecular weight excluding hydrogens is 347 g/mol. The maximum atomic E-state index is 13.3. The summed E-state index contributed by atoms with van der Waals surface area (Å²) in [5, 5.41) is 0. The molecule has 0 fully saturated rings. The quantitative estimate of drug-likeness (QED) is 0.782. The zero-order chi connectivity index (χ0) is 16.8. The number of rotatable bonds is 7. The lowest BCUT2D eigenvalue weighted by molar-refractivity contribution is -0.133. The summed E-state index contributed by atoms with van der Waals surface area (Å²) in [6.07, 6.45) is 1.19. The number of hydrogen-bond acceptors (Lipinski definition) is 3. The van der Waals surface area contributed by atoms with Gasteiger partial charge in [-0.2, -0.15) is 0 Å². The summed E-state index contributed by atoms with van der Waals surface area (Å²) in [4.78, 5) is 16.3. The average Bonchev–Trinajstić information content (AvgIpc) is 2.98. The van der Waals surface area contributed by atoms with Crippen molar-refractivity contribution in [2.75, 3.05) is 6.54 Å². The zero-order valence-electron chi connectivity index (χ0n) is 14.0. The fraction of sp³-hybridized carbons (Fsp3) is 0.389. The molecule has 2 aromatic rings. The van der Waals surface area contributed by atoms with Gasteiger partial charge < -0.3 is 10.6 Å². The van der Waals surface area contributed by atoms with E-state index in [0.717, 1.165) is 15.3 Å². The van der Waals surface area contributed by atoms with Crippen molar-refractivity contribution in [1.82, 2.24) is 4.90 Å². The summed E-state index contributed by atoms with van der Waals surface area (Å²) in [5.41, 5.74) is 6.35. The average molecular weight is 371 g/mol. The van der Waals surface area contributed by atoms with Gasteiger partial charge in [0.15, 0.2) is 0 Å². The van der Waals surface area contributed by atoms with E-state index in [9.17, 15) is 9.18 Å². The molecule has 0 atom stereocenters. The van der Waals surface area contributed by atoms with Crippen LogP contribution in [-0.2, 0) is 11.3 Å². The Hall–Kier alpha value is -1.43. The Kier molecular flexibility index (Phi) is 8.39. The van der Waals surface area contributed by atoms with Crippen molar-refractivity contribution in [1.29, 1.82) is 0 Å². The summed E-state index contributed by atoms with van der Waals surface area (Å²) >= 11 is 1.60. The molecule has 0 saturated carbocycles. The van der Waals surface area contributed by atoms with Crippen molar-refractivity contribution in [3.05, 3.63) is 47.1 Å². The van der Waals surface area contributed by atoms with E-state index in [4.69, 9.17) is 5.73 Å². The first-order chi connectivity index (χ1) is 11.0. The first kappa shape index (κ1) is 20.6. The predicted octanol–water partition coefficient (Wildman–Crippen LogP) is 4.45. The van der Waals surface area contributed by atoms with Crippen molar-refractivity contribution in [3.8, 4) is 10.4 Å². The Balaban J connectivity index is 0.00000288. The number of thiophene rings is 1. The standard InChI is InChI=1S/C18H23FN2OS.ClH/c1-13(2)21(18(22)7-4-10-20)12-16-8-9-17(23-16)14-5-3-6-15(19)11-14;/h3,5-6,8-9,11,13H,4,7,10,12,20H2,1-2H3;1H. The van der Waals surface area contributed by atoms with E-state index < -0.39 is 0 Å². The predicted molar refractivity (Wildman–Crippen MR) is 101 cm³/mol. The van der Waals surface area contributed by atoms with E-state index in [2.05, 4.69) is 0 Å². The number of amides is 1. The lowest BCUT2D eigenvalue weighted by atomic mass is 10.2. The molecule has 0 bridgehead atoms. The van der Waals surface area contributed by atoms with Crippen LogP contribution in [0.2, 0.25) is 0 Å². The molecule has 0 radical (unpaired) electrons. The molecule has 0 saturated heterocycles. The van der Waals surface area contributed by atoms with Gasteiger partial charge in [0.25, 0.3) is 0 Å². The van der Waals surface area contributed by atoms with Crippen molar-refractivity contribution in [2.24, 2.45) is 5.73 Å². The molecule has 0 spiro atoms. The van der Waals surface area contributed by atoms with Gasteiger partial charge in [-0.05, 0) is 56.6 Å². The topological polar surface area (TPSA) is 46.3 Å². The van der Waals surface area contributed by atoms with Gasteiger partial charge in [-0.25, -0.2) is 4.39 Å². The summed E-state index contributed by atoms with van der Waals surface area (Å²) in [6.45, 7) is 5.14. The van der Waals surface area contributed by atoms with Crippen LogP contribution in [0.5, 0.6) is 0 Å². The molecule has 1 amide bonds. The van der Waals surface area contributed by atoms with Crippen LogP contribution >= 0.6 is 23.7 Å². The molecule has 0 unspecified atom stereocenters. The molecule has 1 heterocycles. The van der Waals surface area contributed by atoms with Crippen molar-refractivity contribution < 1.29 is 9.18 Å². The smallest absolute Gasteiger partial charge is 0.223 e. The Labute approximate surface area is 153 Å².